The summed E-state index contributed by atoms with van der Waals surface area (Å²) in [7, 11) is 0. The molecule has 2 bridgehead atoms. The second-order valence-electron chi connectivity index (χ2n) is 8.99. The van der Waals surface area contributed by atoms with Gasteiger partial charge in [0.1, 0.15) is 12.2 Å². The molecule has 7 nitrogen and oxygen atoms in total. The molecule has 4 heterocycles. The van der Waals surface area contributed by atoms with Crippen LogP contribution in [0.5, 0.6) is 0 Å². The van der Waals surface area contributed by atoms with Crippen LogP contribution >= 0.6 is 11.8 Å². The van der Waals surface area contributed by atoms with E-state index in [2.05, 4.69) is 24.4 Å². The zero-order valence-corrected chi connectivity index (χ0v) is 18.4. The number of fused-ring (bicyclic) bond motifs is 3. The molecule has 4 aliphatic rings. The summed E-state index contributed by atoms with van der Waals surface area (Å²) in [6.45, 7) is 4.08. The van der Waals surface area contributed by atoms with E-state index >= 15 is 0 Å². The molecule has 0 aromatic heterocycles. The van der Waals surface area contributed by atoms with Crippen LogP contribution < -0.4 is 5.32 Å². The average Bonchev–Trinajstić information content (AvgIpc) is 3.29. The summed E-state index contributed by atoms with van der Waals surface area (Å²) in [5.74, 6) is -1.14. The number of carbonyl (C=O) groups is 2. The number of hydrogen-bond acceptors (Lipinski definition) is 7. The van der Waals surface area contributed by atoms with Gasteiger partial charge in [0.15, 0.2) is 5.79 Å². The molecule has 8 heteroatoms. The van der Waals surface area contributed by atoms with Crippen molar-refractivity contribution in [2.24, 2.45) is 5.92 Å². The molecule has 3 saturated heterocycles. The van der Waals surface area contributed by atoms with Crippen molar-refractivity contribution in [3.05, 3.63) is 23.8 Å². The standard InChI is InChI=1S/C22H31NO6S/c1-13-3-6-15-10-16(11-22(26,29-15)19-12-30-21(25)23-19)27-20(24)9-14(2)5-8-18-17(28-18)7-4-13/h4,7,9,13,15-19,26H,3,5-6,8,10-12H2,1-2H3,(H,23,25)/b7-4+,14-9-. The van der Waals surface area contributed by atoms with Gasteiger partial charge in [-0.3, -0.25) is 4.79 Å². The molecule has 4 rings (SSSR count). The Labute approximate surface area is 181 Å². The summed E-state index contributed by atoms with van der Waals surface area (Å²) in [5.41, 5.74) is 0.956. The molecule has 166 valence electrons. The molecule has 0 radical (unpaired) electrons. The number of esters is 1. The lowest BCUT2D eigenvalue weighted by molar-refractivity contribution is -0.283. The fourth-order valence-electron chi connectivity index (χ4n) is 4.45. The first-order valence-corrected chi connectivity index (χ1v) is 11.8. The van der Waals surface area contributed by atoms with Crippen molar-refractivity contribution in [3.8, 4) is 0 Å². The maximum Gasteiger partial charge on any atom is 0.330 e. The van der Waals surface area contributed by atoms with Gasteiger partial charge in [-0.25, -0.2) is 4.79 Å². The highest BCUT2D eigenvalue weighted by atomic mass is 32.2. The lowest BCUT2D eigenvalue weighted by Gasteiger charge is -2.43. The Morgan fingerprint density at radius 1 is 1.20 bits per heavy atom. The molecule has 0 spiro atoms. The molecule has 7 atom stereocenters. The van der Waals surface area contributed by atoms with Crippen molar-refractivity contribution < 1.29 is 28.9 Å². The highest BCUT2D eigenvalue weighted by molar-refractivity contribution is 8.14. The molecular weight excluding hydrogens is 406 g/mol. The summed E-state index contributed by atoms with van der Waals surface area (Å²) >= 11 is 1.13. The number of carbonyl (C=O) groups excluding carboxylic acids is 2. The zero-order valence-electron chi connectivity index (χ0n) is 17.5. The minimum atomic E-state index is -1.54. The van der Waals surface area contributed by atoms with E-state index in [1.54, 1.807) is 0 Å². The molecular formula is C22H31NO6S. The highest BCUT2D eigenvalue weighted by Crippen LogP contribution is 2.37. The van der Waals surface area contributed by atoms with Crippen molar-refractivity contribution >= 4 is 23.0 Å². The van der Waals surface area contributed by atoms with Crippen LogP contribution in [0.1, 0.15) is 52.4 Å². The lowest BCUT2D eigenvalue weighted by atomic mass is 9.90. The van der Waals surface area contributed by atoms with Gasteiger partial charge in [-0.05, 0) is 38.5 Å². The first-order chi connectivity index (χ1) is 14.3. The second-order valence-corrected chi connectivity index (χ2v) is 9.98. The van der Waals surface area contributed by atoms with E-state index in [9.17, 15) is 14.7 Å². The summed E-state index contributed by atoms with van der Waals surface area (Å²) in [6, 6.07) is -0.511. The number of rotatable bonds is 1. The Morgan fingerprint density at radius 2 is 2.03 bits per heavy atom. The van der Waals surface area contributed by atoms with Gasteiger partial charge in [0.25, 0.3) is 5.24 Å². The molecule has 0 aromatic rings. The SMILES string of the molecule is C/C1=C/C(=O)OC2CC(CCC(C)/C=C/C3OC3CC1)OC(O)(C1CSC(=O)N1)C2. The molecule has 0 saturated carbocycles. The summed E-state index contributed by atoms with van der Waals surface area (Å²) in [4.78, 5) is 24.1. The van der Waals surface area contributed by atoms with E-state index in [-0.39, 0.29) is 35.9 Å². The Balaban J connectivity index is 1.50. The number of nitrogens with one attached hydrogen (secondary N) is 1. The van der Waals surface area contributed by atoms with Gasteiger partial charge in [-0.1, -0.05) is 36.4 Å². The maximum absolute atomic E-state index is 12.5. The van der Waals surface area contributed by atoms with Gasteiger partial charge in [0.2, 0.25) is 0 Å². The Hall–Kier alpha value is -1.35. The van der Waals surface area contributed by atoms with Crippen molar-refractivity contribution in [3.63, 3.8) is 0 Å². The molecule has 1 amide bonds. The second kappa shape index (κ2) is 9.02. The number of thioether (sulfide) groups is 1. The Bertz CT molecular complexity index is 739. The van der Waals surface area contributed by atoms with Crippen LogP contribution in [-0.4, -0.2) is 58.3 Å². The van der Waals surface area contributed by atoms with Crippen molar-refractivity contribution in [2.75, 3.05) is 5.75 Å². The largest absolute Gasteiger partial charge is 0.459 e. The topological polar surface area (TPSA) is 97.4 Å². The molecule has 0 aromatic carbocycles. The summed E-state index contributed by atoms with van der Waals surface area (Å²) < 4.78 is 17.5. The van der Waals surface area contributed by atoms with E-state index in [4.69, 9.17) is 14.2 Å². The maximum atomic E-state index is 12.5. The molecule has 30 heavy (non-hydrogen) atoms. The summed E-state index contributed by atoms with van der Waals surface area (Å²) in [5, 5.41) is 13.9. The van der Waals surface area contributed by atoms with Crippen LogP contribution in [0.3, 0.4) is 0 Å². The van der Waals surface area contributed by atoms with E-state index in [0.29, 0.717) is 18.1 Å². The first kappa shape index (κ1) is 21.9. The van der Waals surface area contributed by atoms with Gasteiger partial charge in [-0.15, -0.1) is 0 Å². The van der Waals surface area contributed by atoms with Crippen LogP contribution in [-0.2, 0) is 19.0 Å². The number of amides is 1. The third kappa shape index (κ3) is 5.46. The Kier molecular flexibility index (Phi) is 6.58. The van der Waals surface area contributed by atoms with Crippen molar-refractivity contribution in [1.29, 1.82) is 0 Å². The number of hydrogen-bond donors (Lipinski definition) is 2. The van der Waals surface area contributed by atoms with Crippen LogP contribution in [0.15, 0.2) is 23.8 Å². The van der Waals surface area contributed by atoms with Gasteiger partial charge < -0.3 is 24.6 Å². The smallest absolute Gasteiger partial charge is 0.330 e. The van der Waals surface area contributed by atoms with Crippen molar-refractivity contribution in [1.82, 2.24) is 5.32 Å². The number of ether oxygens (including phenoxy) is 3. The fraction of sp³-hybridized carbons (Fsp3) is 0.727. The quantitative estimate of drug-likeness (QED) is 0.370. The van der Waals surface area contributed by atoms with Crippen molar-refractivity contribution in [2.45, 2.75) is 88.6 Å². The lowest BCUT2D eigenvalue weighted by Crippen LogP contribution is -2.58. The predicted molar refractivity (Wildman–Crippen MR) is 113 cm³/mol. The molecule has 3 fully saturated rings. The molecule has 2 N–H and O–H groups in total. The average molecular weight is 438 g/mol. The fourth-order valence-corrected chi connectivity index (χ4v) is 5.34. The summed E-state index contributed by atoms with van der Waals surface area (Å²) in [6.07, 6.45) is 9.56. The minimum Gasteiger partial charge on any atom is -0.459 e. The number of aliphatic hydroxyl groups is 1. The predicted octanol–water partition coefficient (Wildman–Crippen LogP) is 3.07. The monoisotopic (exact) mass is 437 g/mol. The van der Waals surface area contributed by atoms with E-state index in [1.165, 1.54) is 6.08 Å². The minimum absolute atomic E-state index is 0.153. The number of epoxide rings is 1. The van der Waals surface area contributed by atoms with Gasteiger partial charge in [-0.2, -0.15) is 0 Å². The molecule has 0 aliphatic carbocycles. The normalized spacial score (nSPS) is 45.5. The first-order valence-electron chi connectivity index (χ1n) is 10.9. The Morgan fingerprint density at radius 3 is 2.80 bits per heavy atom. The van der Waals surface area contributed by atoms with Gasteiger partial charge >= 0.3 is 5.97 Å². The van der Waals surface area contributed by atoms with Gasteiger partial charge in [0, 0.05) is 24.7 Å². The van der Waals surface area contributed by atoms with Crippen LogP contribution in [0, 0.1) is 5.92 Å². The number of allylic oxidation sites excluding steroid dienone is 2. The van der Waals surface area contributed by atoms with E-state index in [1.807, 2.05) is 6.92 Å². The third-order valence-corrected chi connectivity index (χ3v) is 7.18. The third-order valence-electron chi connectivity index (χ3n) is 6.30. The zero-order chi connectivity index (χ0) is 21.3. The van der Waals surface area contributed by atoms with E-state index in [0.717, 1.165) is 43.0 Å². The molecule has 4 aliphatic heterocycles. The van der Waals surface area contributed by atoms with Crippen LogP contribution in [0.4, 0.5) is 4.79 Å². The van der Waals surface area contributed by atoms with E-state index < -0.39 is 17.9 Å². The van der Waals surface area contributed by atoms with Crippen LogP contribution in [0.25, 0.3) is 0 Å². The van der Waals surface area contributed by atoms with Gasteiger partial charge in [0.05, 0.1) is 18.2 Å². The molecule has 7 unspecified atom stereocenters. The highest BCUT2D eigenvalue weighted by Gasteiger charge is 2.49. The van der Waals surface area contributed by atoms with Crippen LogP contribution in [0.2, 0.25) is 0 Å².